The van der Waals surface area contributed by atoms with Crippen LogP contribution in [0.1, 0.15) is 26.7 Å². The molecule has 0 aliphatic rings. The molecule has 0 amide bonds. The van der Waals surface area contributed by atoms with Crippen molar-refractivity contribution in [2.75, 3.05) is 6.26 Å². The molecule has 0 aliphatic heterocycles. The molecule has 0 aliphatic carbocycles. The lowest BCUT2D eigenvalue weighted by Gasteiger charge is -2.21. The monoisotopic (exact) mass is 234 g/mol. The van der Waals surface area contributed by atoms with Crippen molar-refractivity contribution >= 4 is 15.8 Å². The number of rotatable bonds is 6. The van der Waals surface area contributed by atoms with Gasteiger partial charge in [-0.15, -0.1) is 6.58 Å². The fourth-order valence-electron chi connectivity index (χ4n) is 1.42. The number of sulfone groups is 1. The molecule has 0 aromatic carbocycles. The molecule has 4 nitrogen and oxygen atoms in total. The third-order valence-electron chi connectivity index (χ3n) is 2.08. The molecular formula is C10H18O4S. The summed E-state index contributed by atoms with van der Waals surface area (Å²) in [6.07, 6.45) is 3.21. The molecule has 0 saturated heterocycles. The summed E-state index contributed by atoms with van der Waals surface area (Å²) in [6.45, 7) is 6.39. The smallest absolute Gasteiger partial charge is 0.302 e. The Morgan fingerprint density at radius 1 is 1.53 bits per heavy atom. The Balaban J connectivity index is 4.62. The Labute approximate surface area is 91.2 Å². The average molecular weight is 234 g/mol. The molecule has 0 radical (unpaired) electrons. The minimum Gasteiger partial charge on any atom is -0.461 e. The second-order valence-corrected chi connectivity index (χ2v) is 5.81. The van der Waals surface area contributed by atoms with Crippen molar-refractivity contribution in [2.24, 2.45) is 0 Å². The van der Waals surface area contributed by atoms with Gasteiger partial charge in [0.25, 0.3) is 0 Å². The number of carbonyl (C=O) groups excluding carboxylic acids is 1. The summed E-state index contributed by atoms with van der Waals surface area (Å²) in [5.41, 5.74) is 0. The minimum atomic E-state index is -3.21. The molecule has 0 fully saturated rings. The summed E-state index contributed by atoms with van der Waals surface area (Å²) in [5, 5.41) is -0.653. The predicted octanol–water partition coefficient (Wildman–Crippen LogP) is 1.32. The van der Waals surface area contributed by atoms with Crippen LogP contribution in [-0.4, -0.2) is 32.0 Å². The quantitative estimate of drug-likeness (QED) is 0.513. The van der Waals surface area contributed by atoms with Gasteiger partial charge in [0.15, 0.2) is 9.84 Å². The lowest BCUT2D eigenvalue weighted by molar-refractivity contribution is -0.145. The molecule has 88 valence electrons. The molecular weight excluding hydrogens is 216 g/mol. The van der Waals surface area contributed by atoms with E-state index in [4.69, 9.17) is 4.74 Å². The molecule has 2 unspecified atom stereocenters. The van der Waals surface area contributed by atoms with E-state index in [1.54, 1.807) is 13.0 Å². The Hall–Kier alpha value is -0.840. The van der Waals surface area contributed by atoms with Crippen LogP contribution in [-0.2, 0) is 19.4 Å². The van der Waals surface area contributed by atoms with Gasteiger partial charge in [0, 0.05) is 13.2 Å². The molecule has 2 atom stereocenters. The second kappa shape index (κ2) is 5.90. The zero-order chi connectivity index (χ0) is 12.1. The van der Waals surface area contributed by atoms with Crippen molar-refractivity contribution in [1.29, 1.82) is 0 Å². The van der Waals surface area contributed by atoms with Gasteiger partial charge in [-0.3, -0.25) is 4.79 Å². The first-order valence-electron chi connectivity index (χ1n) is 4.76. The Bertz CT molecular complexity index is 318. The molecule has 15 heavy (non-hydrogen) atoms. The lowest BCUT2D eigenvalue weighted by Crippen LogP contribution is -2.34. The van der Waals surface area contributed by atoms with E-state index in [0.29, 0.717) is 12.8 Å². The van der Waals surface area contributed by atoms with Crippen LogP contribution < -0.4 is 0 Å². The van der Waals surface area contributed by atoms with Crippen molar-refractivity contribution < 1.29 is 17.9 Å². The van der Waals surface area contributed by atoms with Crippen LogP contribution in [0.5, 0.6) is 0 Å². The molecule has 0 saturated carbocycles. The Kier molecular flexibility index (Phi) is 5.57. The molecule has 0 aromatic heterocycles. The number of hydrogen-bond donors (Lipinski definition) is 0. The van der Waals surface area contributed by atoms with E-state index in [1.165, 1.54) is 6.92 Å². The summed E-state index contributed by atoms with van der Waals surface area (Å²) < 4.78 is 27.8. The summed E-state index contributed by atoms with van der Waals surface area (Å²) in [6, 6.07) is 0. The van der Waals surface area contributed by atoms with E-state index in [9.17, 15) is 13.2 Å². The Morgan fingerprint density at radius 3 is 2.40 bits per heavy atom. The van der Waals surface area contributed by atoms with Gasteiger partial charge < -0.3 is 4.74 Å². The zero-order valence-electron chi connectivity index (χ0n) is 9.39. The van der Waals surface area contributed by atoms with Crippen molar-refractivity contribution in [3.05, 3.63) is 12.7 Å². The first-order valence-corrected chi connectivity index (χ1v) is 6.71. The third-order valence-corrected chi connectivity index (χ3v) is 3.80. The van der Waals surface area contributed by atoms with E-state index in [0.717, 1.165) is 6.26 Å². The van der Waals surface area contributed by atoms with Gasteiger partial charge in [-0.2, -0.15) is 0 Å². The van der Waals surface area contributed by atoms with Gasteiger partial charge >= 0.3 is 5.97 Å². The number of esters is 1. The fraction of sp³-hybridized carbons (Fsp3) is 0.700. The molecule has 0 rings (SSSR count). The number of carbonyl (C=O) groups is 1. The maximum atomic E-state index is 11.4. The van der Waals surface area contributed by atoms with E-state index < -0.39 is 27.2 Å². The summed E-state index contributed by atoms with van der Waals surface area (Å²) in [7, 11) is -3.21. The Morgan fingerprint density at radius 2 is 2.07 bits per heavy atom. The molecule has 0 spiro atoms. The van der Waals surface area contributed by atoms with Crippen LogP contribution >= 0.6 is 0 Å². The first-order chi connectivity index (χ1) is 6.79. The lowest BCUT2D eigenvalue weighted by atomic mass is 10.1. The highest BCUT2D eigenvalue weighted by atomic mass is 32.2. The van der Waals surface area contributed by atoms with Crippen LogP contribution in [0.4, 0.5) is 0 Å². The zero-order valence-corrected chi connectivity index (χ0v) is 10.2. The summed E-state index contributed by atoms with van der Waals surface area (Å²) in [5.74, 6) is -0.463. The summed E-state index contributed by atoms with van der Waals surface area (Å²) in [4.78, 5) is 10.7. The van der Waals surface area contributed by atoms with Crippen LogP contribution in [0.25, 0.3) is 0 Å². The van der Waals surface area contributed by atoms with Crippen LogP contribution in [0.3, 0.4) is 0 Å². The van der Waals surface area contributed by atoms with Gasteiger partial charge in [-0.25, -0.2) is 8.42 Å². The van der Waals surface area contributed by atoms with Crippen LogP contribution in [0, 0.1) is 0 Å². The second-order valence-electron chi connectivity index (χ2n) is 3.55. The largest absolute Gasteiger partial charge is 0.461 e. The number of allylic oxidation sites excluding steroid dienone is 1. The minimum absolute atomic E-state index is 0.427. The third kappa shape index (κ3) is 5.57. The fourth-order valence-corrected chi connectivity index (χ4v) is 2.73. The van der Waals surface area contributed by atoms with Crippen LogP contribution in [0.15, 0.2) is 12.7 Å². The van der Waals surface area contributed by atoms with E-state index >= 15 is 0 Å². The van der Waals surface area contributed by atoms with E-state index in [-0.39, 0.29) is 0 Å². The predicted molar refractivity (Wildman–Crippen MR) is 59.3 cm³/mol. The topological polar surface area (TPSA) is 60.4 Å². The van der Waals surface area contributed by atoms with Crippen molar-refractivity contribution in [1.82, 2.24) is 0 Å². The van der Waals surface area contributed by atoms with Crippen molar-refractivity contribution in [3.8, 4) is 0 Å². The van der Waals surface area contributed by atoms with Gasteiger partial charge in [0.1, 0.15) is 6.10 Å². The maximum absolute atomic E-state index is 11.4. The summed E-state index contributed by atoms with van der Waals surface area (Å²) >= 11 is 0. The van der Waals surface area contributed by atoms with Crippen molar-refractivity contribution in [3.63, 3.8) is 0 Å². The van der Waals surface area contributed by atoms with Crippen molar-refractivity contribution in [2.45, 2.75) is 38.0 Å². The first kappa shape index (κ1) is 14.2. The standard InChI is InChI=1S/C10H18O4S/c1-5-6-7-10(15(4,12)13)8(2)14-9(3)11/h5,8,10H,1,6-7H2,2-4H3. The number of hydrogen-bond acceptors (Lipinski definition) is 4. The van der Waals surface area contributed by atoms with E-state index in [1.807, 2.05) is 0 Å². The van der Waals surface area contributed by atoms with Gasteiger partial charge in [-0.1, -0.05) is 6.08 Å². The molecule has 5 heteroatoms. The van der Waals surface area contributed by atoms with Gasteiger partial charge in [0.05, 0.1) is 5.25 Å². The number of ether oxygens (including phenoxy) is 1. The highest BCUT2D eigenvalue weighted by molar-refractivity contribution is 7.91. The van der Waals surface area contributed by atoms with Gasteiger partial charge in [0.2, 0.25) is 0 Å². The molecule has 0 bridgehead atoms. The molecule has 0 N–H and O–H groups in total. The SMILES string of the molecule is C=CCCC(C(C)OC(C)=O)S(C)(=O)=O. The highest BCUT2D eigenvalue weighted by Gasteiger charge is 2.28. The average Bonchev–Trinajstić information content (AvgIpc) is 2.00. The van der Waals surface area contributed by atoms with Crippen LogP contribution in [0.2, 0.25) is 0 Å². The molecule has 0 heterocycles. The maximum Gasteiger partial charge on any atom is 0.302 e. The normalized spacial score (nSPS) is 15.4. The highest BCUT2D eigenvalue weighted by Crippen LogP contribution is 2.15. The molecule has 0 aromatic rings. The van der Waals surface area contributed by atoms with Gasteiger partial charge in [-0.05, 0) is 19.8 Å². The van der Waals surface area contributed by atoms with E-state index in [2.05, 4.69) is 6.58 Å².